The number of benzene rings is 3. The fourth-order valence-electron chi connectivity index (χ4n) is 2.00. The van der Waals surface area contributed by atoms with Crippen LogP contribution in [-0.4, -0.2) is 0 Å². The number of nitrogen functional groups attached to an aromatic ring is 1. The number of fused-ring (bicyclic) bond motifs is 2. The van der Waals surface area contributed by atoms with E-state index >= 15 is 0 Å². The van der Waals surface area contributed by atoms with Gasteiger partial charge in [-0.1, -0.05) is 18.2 Å². The van der Waals surface area contributed by atoms with Gasteiger partial charge >= 0.3 is 0 Å². The molecule has 3 aromatic rings. The van der Waals surface area contributed by atoms with Gasteiger partial charge in [0.15, 0.2) is 0 Å². The summed E-state index contributed by atoms with van der Waals surface area (Å²) < 4.78 is 1.29. The summed E-state index contributed by atoms with van der Waals surface area (Å²) >= 11 is 2.37. The van der Waals surface area contributed by atoms with Gasteiger partial charge in [-0.25, -0.2) is 0 Å². The number of nitrogens with two attached hydrogens (primary N) is 1. The summed E-state index contributed by atoms with van der Waals surface area (Å²) in [4.78, 5) is 0. The van der Waals surface area contributed by atoms with Gasteiger partial charge in [-0.05, 0) is 74.5 Å². The summed E-state index contributed by atoms with van der Waals surface area (Å²) in [5.41, 5.74) is 6.61. The highest BCUT2D eigenvalue weighted by Crippen LogP contribution is 2.27. The van der Waals surface area contributed by atoms with Crippen LogP contribution in [-0.2, 0) is 0 Å². The molecule has 78 valence electrons. The fourth-order valence-corrected chi connectivity index (χ4v) is 2.68. The van der Waals surface area contributed by atoms with Crippen LogP contribution in [0.1, 0.15) is 0 Å². The lowest BCUT2D eigenvalue weighted by Crippen LogP contribution is -1.84. The maximum atomic E-state index is 5.80. The molecule has 0 aliphatic rings. The van der Waals surface area contributed by atoms with E-state index in [0.29, 0.717) is 0 Å². The number of hydrogen-bond acceptors (Lipinski definition) is 1. The van der Waals surface area contributed by atoms with Crippen LogP contribution < -0.4 is 5.73 Å². The monoisotopic (exact) mass is 319 g/mol. The predicted molar refractivity (Wildman–Crippen MR) is 78.6 cm³/mol. The van der Waals surface area contributed by atoms with Crippen LogP contribution in [0.4, 0.5) is 5.69 Å². The highest BCUT2D eigenvalue weighted by Gasteiger charge is 2.01. The smallest absolute Gasteiger partial charge is 0.0320 e. The third-order valence-electron chi connectivity index (χ3n) is 2.81. The van der Waals surface area contributed by atoms with Crippen molar-refractivity contribution in [1.29, 1.82) is 0 Å². The minimum Gasteiger partial charge on any atom is -0.399 e. The number of anilines is 1. The highest BCUT2D eigenvalue weighted by atomic mass is 127. The first kappa shape index (κ1) is 9.90. The summed E-state index contributed by atoms with van der Waals surface area (Å²) in [6, 6.07) is 16.8. The predicted octanol–water partition coefficient (Wildman–Crippen LogP) is 4.18. The third kappa shape index (κ3) is 1.53. The summed E-state index contributed by atoms with van der Waals surface area (Å²) in [5, 5.41) is 5.02. The normalized spacial score (nSPS) is 11.1. The Kier molecular flexibility index (Phi) is 2.24. The Balaban J connectivity index is 2.49. The second-order valence-electron chi connectivity index (χ2n) is 3.92. The first-order valence-electron chi connectivity index (χ1n) is 5.11. The lowest BCUT2D eigenvalue weighted by Gasteiger charge is -2.04. The SMILES string of the molecule is Nc1ccc2cc3c(I)cccc3cc2c1. The van der Waals surface area contributed by atoms with Gasteiger partial charge in [-0.3, -0.25) is 0 Å². The van der Waals surface area contributed by atoms with Gasteiger partial charge in [0.2, 0.25) is 0 Å². The molecule has 3 aromatic carbocycles. The van der Waals surface area contributed by atoms with Gasteiger partial charge < -0.3 is 5.73 Å². The van der Waals surface area contributed by atoms with Gasteiger partial charge in [0.05, 0.1) is 0 Å². The van der Waals surface area contributed by atoms with E-state index in [0.717, 1.165) is 5.69 Å². The molecule has 1 nitrogen and oxygen atoms in total. The lowest BCUT2D eigenvalue weighted by atomic mass is 10.0. The molecule has 0 unspecified atom stereocenters. The summed E-state index contributed by atoms with van der Waals surface area (Å²) in [6.07, 6.45) is 0. The molecule has 0 fully saturated rings. The molecule has 0 heterocycles. The standard InChI is InChI=1S/C14H10IN/c15-14-3-1-2-10-6-11-7-12(16)5-4-9(11)8-13(10)14/h1-8H,16H2. The van der Waals surface area contributed by atoms with Gasteiger partial charge in [0.25, 0.3) is 0 Å². The van der Waals surface area contributed by atoms with Crippen LogP contribution in [0, 0.1) is 3.57 Å². The first-order valence-corrected chi connectivity index (χ1v) is 6.19. The zero-order chi connectivity index (χ0) is 11.1. The molecule has 0 aliphatic heterocycles. The maximum absolute atomic E-state index is 5.80. The zero-order valence-corrected chi connectivity index (χ0v) is 10.7. The van der Waals surface area contributed by atoms with Crippen LogP contribution in [0.2, 0.25) is 0 Å². The van der Waals surface area contributed by atoms with Crippen molar-refractivity contribution >= 4 is 49.8 Å². The average Bonchev–Trinajstić information content (AvgIpc) is 2.27. The molecule has 0 saturated carbocycles. The molecule has 0 saturated heterocycles. The molecule has 0 radical (unpaired) electrons. The van der Waals surface area contributed by atoms with E-state index in [2.05, 4.69) is 59.0 Å². The third-order valence-corrected chi connectivity index (χ3v) is 3.75. The molecule has 0 spiro atoms. The largest absolute Gasteiger partial charge is 0.399 e. The highest BCUT2D eigenvalue weighted by molar-refractivity contribution is 14.1. The number of halogens is 1. The molecule has 0 amide bonds. The summed E-state index contributed by atoms with van der Waals surface area (Å²) in [6.45, 7) is 0. The van der Waals surface area contributed by atoms with Gasteiger partial charge in [-0.15, -0.1) is 0 Å². The molecule has 0 bridgehead atoms. The van der Waals surface area contributed by atoms with E-state index in [1.54, 1.807) is 0 Å². The van der Waals surface area contributed by atoms with Crippen molar-refractivity contribution in [2.45, 2.75) is 0 Å². The van der Waals surface area contributed by atoms with Crippen LogP contribution in [0.5, 0.6) is 0 Å². The first-order chi connectivity index (χ1) is 7.74. The van der Waals surface area contributed by atoms with Crippen LogP contribution in [0.25, 0.3) is 21.5 Å². The van der Waals surface area contributed by atoms with E-state index < -0.39 is 0 Å². The van der Waals surface area contributed by atoms with E-state index in [9.17, 15) is 0 Å². The Bertz CT molecular complexity index is 688. The summed E-state index contributed by atoms with van der Waals surface area (Å²) in [5.74, 6) is 0. The second kappa shape index (κ2) is 3.63. The van der Waals surface area contributed by atoms with E-state index in [4.69, 9.17) is 5.73 Å². The quantitative estimate of drug-likeness (QED) is 0.375. The van der Waals surface area contributed by atoms with Gasteiger partial charge in [0, 0.05) is 9.26 Å². The Labute approximate surface area is 107 Å². The van der Waals surface area contributed by atoms with Crippen LogP contribution >= 0.6 is 22.6 Å². The average molecular weight is 319 g/mol. The van der Waals surface area contributed by atoms with E-state index in [1.165, 1.54) is 25.1 Å². The van der Waals surface area contributed by atoms with Crippen molar-refractivity contribution in [2.24, 2.45) is 0 Å². The minimum atomic E-state index is 0.817. The molecule has 0 atom stereocenters. The molecular weight excluding hydrogens is 309 g/mol. The Morgan fingerprint density at radius 2 is 1.69 bits per heavy atom. The van der Waals surface area contributed by atoms with Crippen molar-refractivity contribution < 1.29 is 0 Å². The van der Waals surface area contributed by atoms with Crippen molar-refractivity contribution in [3.05, 3.63) is 52.1 Å². The van der Waals surface area contributed by atoms with Crippen molar-refractivity contribution in [3.8, 4) is 0 Å². The molecule has 16 heavy (non-hydrogen) atoms. The lowest BCUT2D eigenvalue weighted by molar-refractivity contribution is 1.72. The topological polar surface area (TPSA) is 26.0 Å². The molecule has 2 heteroatoms. The zero-order valence-electron chi connectivity index (χ0n) is 8.57. The molecule has 0 aromatic heterocycles. The number of hydrogen-bond donors (Lipinski definition) is 1. The Morgan fingerprint density at radius 1 is 0.812 bits per heavy atom. The van der Waals surface area contributed by atoms with Gasteiger partial charge in [0.1, 0.15) is 0 Å². The molecule has 2 N–H and O–H groups in total. The summed E-state index contributed by atoms with van der Waals surface area (Å²) in [7, 11) is 0. The number of rotatable bonds is 0. The Morgan fingerprint density at radius 3 is 2.56 bits per heavy atom. The van der Waals surface area contributed by atoms with Crippen LogP contribution in [0.15, 0.2) is 48.5 Å². The van der Waals surface area contributed by atoms with E-state index in [-0.39, 0.29) is 0 Å². The van der Waals surface area contributed by atoms with Crippen molar-refractivity contribution in [1.82, 2.24) is 0 Å². The molecule has 3 rings (SSSR count). The van der Waals surface area contributed by atoms with Crippen molar-refractivity contribution in [3.63, 3.8) is 0 Å². The molecular formula is C14H10IN. The fraction of sp³-hybridized carbons (Fsp3) is 0. The second-order valence-corrected chi connectivity index (χ2v) is 5.08. The van der Waals surface area contributed by atoms with Gasteiger partial charge in [-0.2, -0.15) is 0 Å². The maximum Gasteiger partial charge on any atom is 0.0320 e. The van der Waals surface area contributed by atoms with Crippen LogP contribution in [0.3, 0.4) is 0 Å². The minimum absolute atomic E-state index is 0.817. The van der Waals surface area contributed by atoms with Crippen molar-refractivity contribution in [2.75, 3.05) is 5.73 Å². The van der Waals surface area contributed by atoms with E-state index in [1.807, 2.05) is 12.1 Å². The Hall–Kier alpha value is -1.29. The molecule has 0 aliphatic carbocycles.